The minimum atomic E-state index is -1.05. The lowest BCUT2D eigenvalue weighted by molar-refractivity contribution is 0.0896. The number of imidazole rings is 1. The van der Waals surface area contributed by atoms with Gasteiger partial charge in [-0.15, -0.1) is 0 Å². The van der Waals surface area contributed by atoms with E-state index in [1.54, 1.807) is 6.33 Å². The van der Waals surface area contributed by atoms with Crippen molar-refractivity contribution in [1.29, 1.82) is 0 Å². The molecule has 1 aromatic carbocycles. The molecule has 0 aliphatic heterocycles. The van der Waals surface area contributed by atoms with Crippen LogP contribution in [-0.2, 0) is 18.1 Å². The zero-order valence-electron chi connectivity index (χ0n) is 12.2. The molecule has 0 aliphatic rings. The Labute approximate surface area is 128 Å². The van der Waals surface area contributed by atoms with Crippen LogP contribution >= 0.6 is 15.9 Å². The summed E-state index contributed by atoms with van der Waals surface area (Å²) in [7, 11) is -1.05. The molecule has 0 atom stereocenters. The van der Waals surface area contributed by atoms with Gasteiger partial charge in [0.05, 0.1) is 24.0 Å². The Morgan fingerprint density at radius 2 is 2.10 bits per heavy atom. The molecule has 110 valence electrons. The normalized spacial score (nSPS) is 12.2. The van der Waals surface area contributed by atoms with E-state index in [1.807, 2.05) is 16.7 Å². The van der Waals surface area contributed by atoms with Crippen molar-refractivity contribution in [2.45, 2.75) is 39.0 Å². The fraction of sp³-hybridized carbons (Fsp3) is 0.500. The summed E-state index contributed by atoms with van der Waals surface area (Å²) in [4.78, 5) is 4.37. The van der Waals surface area contributed by atoms with Gasteiger partial charge in [-0.05, 0) is 18.2 Å². The van der Waals surface area contributed by atoms with Crippen molar-refractivity contribution in [1.82, 2.24) is 9.55 Å². The molecule has 0 spiro atoms. The number of fused-ring (bicyclic) bond motifs is 1. The molecular formula is C14H21BrN2O2Si. The fourth-order valence-electron chi connectivity index (χ4n) is 2.02. The van der Waals surface area contributed by atoms with Gasteiger partial charge in [0, 0.05) is 24.7 Å². The standard InChI is InChI=1S/C14H21BrN2O2Si/c1-20(2,3)5-4-19-10-17-9-16-13-7-12(15)6-11(8-18)14(13)17/h6-7,9,18H,4-5,8,10H2,1-3H3. The topological polar surface area (TPSA) is 47.3 Å². The lowest BCUT2D eigenvalue weighted by Crippen LogP contribution is -2.22. The SMILES string of the molecule is C[Si](C)(C)CCOCn1cnc2cc(Br)cc(CO)c21. The second kappa shape index (κ2) is 6.38. The van der Waals surface area contributed by atoms with Crippen LogP contribution in [0.25, 0.3) is 11.0 Å². The van der Waals surface area contributed by atoms with Crippen LogP contribution in [-0.4, -0.2) is 29.3 Å². The summed E-state index contributed by atoms with van der Waals surface area (Å²) in [6.45, 7) is 8.27. The summed E-state index contributed by atoms with van der Waals surface area (Å²) in [5, 5.41) is 9.48. The molecule has 0 saturated carbocycles. The van der Waals surface area contributed by atoms with Gasteiger partial charge in [-0.3, -0.25) is 0 Å². The van der Waals surface area contributed by atoms with E-state index >= 15 is 0 Å². The Bertz CT molecular complexity index is 593. The zero-order valence-corrected chi connectivity index (χ0v) is 14.8. The molecule has 1 heterocycles. The summed E-state index contributed by atoms with van der Waals surface area (Å²) in [6, 6.07) is 5.02. The number of nitrogens with zero attached hydrogens (tertiary/aromatic N) is 2. The molecule has 1 aromatic heterocycles. The van der Waals surface area contributed by atoms with Crippen molar-refractivity contribution in [3.63, 3.8) is 0 Å². The van der Waals surface area contributed by atoms with Crippen LogP contribution in [0, 0.1) is 0 Å². The average Bonchev–Trinajstić information content (AvgIpc) is 2.75. The number of aliphatic hydroxyl groups is 1. The Morgan fingerprint density at radius 3 is 2.75 bits per heavy atom. The highest BCUT2D eigenvalue weighted by atomic mass is 79.9. The predicted octanol–water partition coefficient (Wildman–Crippen LogP) is 3.60. The van der Waals surface area contributed by atoms with E-state index in [0.29, 0.717) is 6.73 Å². The molecule has 0 bridgehead atoms. The first-order valence-electron chi connectivity index (χ1n) is 6.72. The van der Waals surface area contributed by atoms with E-state index < -0.39 is 8.07 Å². The van der Waals surface area contributed by atoms with Crippen LogP contribution in [0.2, 0.25) is 25.7 Å². The van der Waals surface area contributed by atoms with E-state index in [1.165, 1.54) is 0 Å². The van der Waals surface area contributed by atoms with Gasteiger partial charge in [-0.25, -0.2) is 4.98 Å². The molecular weight excluding hydrogens is 336 g/mol. The number of benzene rings is 1. The van der Waals surface area contributed by atoms with Crippen molar-refractivity contribution in [2.24, 2.45) is 0 Å². The van der Waals surface area contributed by atoms with Gasteiger partial charge in [0.2, 0.25) is 0 Å². The Hall–Kier alpha value is -0.693. The molecule has 1 N–H and O–H groups in total. The molecule has 6 heteroatoms. The number of aromatic nitrogens is 2. The van der Waals surface area contributed by atoms with Gasteiger partial charge in [0.25, 0.3) is 0 Å². The maximum atomic E-state index is 9.48. The maximum absolute atomic E-state index is 9.48. The Kier molecular flexibility index (Phi) is 5.01. The number of hydrogen-bond acceptors (Lipinski definition) is 3. The van der Waals surface area contributed by atoms with Crippen LogP contribution in [0.1, 0.15) is 5.56 Å². The van der Waals surface area contributed by atoms with Crippen molar-refractivity contribution < 1.29 is 9.84 Å². The van der Waals surface area contributed by atoms with Gasteiger partial charge in [-0.2, -0.15) is 0 Å². The monoisotopic (exact) mass is 356 g/mol. The molecule has 0 amide bonds. The first-order chi connectivity index (χ1) is 9.40. The summed E-state index contributed by atoms with van der Waals surface area (Å²) in [6.07, 6.45) is 1.77. The second-order valence-electron chi connectivity index (χ2n) is 6.15. The zero-order chi connectivity index (χ0) is 14.8. The van der Waals surface area contributed by atoms with Gasteiger partial charge in [0.1, 0.15) is 6.73 Å². The molecule has 2 rings (SSSR count). The summed E-state index contributed by atoms with van der Waals surface area (Å²) >= 11 is 3.43. The number of halogens is 1. The third-order valence-corrected chi connectivity index (χ3v) is 5.32. The van der Waals surface area contributed by atoms with Crippen molar-refractivity contribution in [3.8, 4) is 0 Å². The minimum absolute atomic E-state index is 0.00343. The lowest BCUT2D eigenvalue weighted by Gasteiger charge is -2.16. The first kappa shape index (κ1) is 15.7. The molecule has 20 heavy (non-hydrogen) atoms. The quantitative estimate of drug-likeness (QED) is 0.635. The largest absolute Gasteiger partial charge is 0.392 e. The highest BCUT2D eigenvalue weighted by Crippen LogP contribution is 2.24. The summed E-state index contributed by atoms with van der Waals surface area (Å²) < 4.78 is 8.64. The highest BCUT2D eigenvalue weighted by molar-refractivity contribution is 9.10. The van der Waals surface area contributed by atoms with Crippen LogP contribution in [0.4, 0.5) is 0 Å². The third kappa shape index (κ3) is 3.91. The fourth-order valence-corrected chi connectivity index (χ4v) is 3.27. The number of aliphatic hydroxyl groups excluding tert-OH is 1. The molecule has 2 aromatic rings. The van der Waals surface area contributed by atoms with Crippen LogP contribution < -0.4 is 0 Å². The Morgan fingerprint density at radius 1 is 1.35 bits per heavy atom. The molecule has 0 unspecified atom stereocenters. The van der Waals surface area contributed by atoms with E-state index in [4.69, 9.17) is 4.74 Å². The predicted molar refractivity (Wildman–Crippen MR) is 87.5 cm³/mol. The van der Waals surface area contributed by atoms with E-state index in [-0.39, 0.29) is 6.61 Å². The summed E-state index contributed by atoms with van der Waals surface area (Å²) in [5.74, 6) is 0. The molecule has 0 saturated heterocycles. The van der Waals surface area contributed by atoms with E-state index in [0.717, 1.165) is 33.7 Å². The number of rotatable bonds is 6. The van der Waals surface area contributed by atoms with Gasteiger partial charge >= 0.3 is 0 Å². The molecule has 0 fully saturated rings. The second-order valence-corrected chi connectivity index (χ2v) is 12.7. The molecule has 0 radical (unpaired) electrons. The number of ether oxygens (including phenoxy) is 1. The van der Waals surface area contributed by atoms with Gasteiger partial charge < -0.3 is 14.4 Å². The van der Waals surface area contributed by atoms with Crippen molar-refractivity contribution >= 4 is 35.0 Å². The van der Waals surface area contributed by atoms with Crippen LogP contribution in [0.5, 0.6) is 0 Å². The van der Waals surface area contributed by atoms with Gasteiger partial charge in [-0.1, -0.05) is 35.6 Å². The average molecular weight is 357 g/mol. The number of hydrogen-bond donors (Lipinski definition) is 1. The smallest absolute Gasteiger partial charge is 0.124 e. The van der Waals surface area contributed by atoms with Crippen molar-refractivity contribution in [2.75, 3.05) is 6.61 Å². The minimum Gasteiger partial charge on any atom is -0.392 e. The van der Waals surface area contributed by atoms with Crippen LogP contribution in [0.15, 0.2) is 22.9 Å². The van der Waals surface area contributed by atoms with E-state index in [2.05, 4.69) is 40.6 Å². The third-order valence-electron chi connectivity index (χ3n) is 3.15. The summed E-state index contributed by atoms with van der Waals surface area (Å²) in [5.41, 5.74) is 2.68. The molecule has 4 nitrogen and oxygen atoms in total. The molecule has 0 aliphatic carbocycles. The van der Waals surface area contributed by atoms with Crippen molar-refractivity contribution in [3.05, 3.63) is 28.5 Å². The van der Waals surface area contributed by atoms with Gasteiger partial charge in [0.15, 0.2) is 0 Å². The Balaban J connectivity index is 2.11. The lowest BCUT2D eigenvalue weighted by atomic mass is 10.2. The maximum Gasteiger partial charge on any atom is 0.124 e. The highest BCUT2D eigenvalue weighted by Gasteiger charge is 2.13. The van der Waals surface area contributed by atoms with E-state index in [9.17, 15) is 5.11 Å². The first-order valence-corrected chi connectivity index (χ1v) is 11.2. The van der Waals surface area contributed by atoms with Crippen LogP contribution in [0.3, 0.4) is 0 Å².